The smallest absolute Gasteiger partial charge is 0.219 e. The van der Waals surface area contributed by atoms with Crippen LogP contribution in [0.2, 0.25) is 0 Å². The minimum Gasteiger partial charge on any atom is -0.370 e. The maximum atomic E-state index is 11.5. The van der Waals surface area contributed by atoms with Crippen molar-refractivity contribution in [1.82, 2.24) is 9.38 Å². The number of amides is 1. The lowest BCUT2D eigenvalue weighted by molar-refractivity contribution is -0.117. The van der Waals surface area contributed by atoms with Crippen LogP contribution in [0.25, 0.3) is 16.7 Å². The van der Waals surface area contributed by atoms with Crippen LogP contribution in [0.5, 0.6) is 0 Å². The van der Waals surface area contributed by atoms with Crippen molar-refractivity contribution in [2.24, 2.45) is 5.73 Å². The zero-order valence-corrected chi connectivity index (χ0v) is 16.2. The number of nitriles is 1. The summed E-state index contributed by atoms with van der Waals surface area (Å²) in [6.07, 6.45) is 0.236. The van der Waals surface area contributed by atoms with E-state index in [0.29, 0.717) is 24.3 Å². The second-order valence-electron chi connectivity index (χ2n) is 7.06. The van der Waals surface area contributed by atoms with Crippen LogP contribution < -0.4 is 10.6 Å². The Labute approximate surface area is 168 Å². The third-order valence-corrected chi connectivity index (χ3v) is 5.03. The molecule has 0 saturated heterocycles. The number of rotatable bonds is 6. The van der Waals surface area contributed by atoms with Crippen molar-refractivity contribution in [2.75, 3.05) is 11.4 Å². The average Bonchev–Trinajstić information content (AvgIpc) is 3.10. The van der Waals surface area contributed by atoms with Gasteiger partial charge in [0.05, 0.1) is 16.6 Å². The van der Waals surface area contributed by atoms with Gasteiger partial charge in [0.15, 0.2) is 5.65 Å². The molecule has 4 rings (SSSR count). The van der Waals surface area contributed by atoms with Crippen LogP contribution >= 0.6 is 0 Å². The molecule has 6 heteroatoms. The number of carbonyl (C=O) groups is 1. The van der Waals surface area contributed by atoms with E-state index in [4.69, 9.17) is 10.7 Å². The summed E-state index contributed by atoms with van der Waals surface area (Å²) in [6, 6.07) is 22.2. The predicted octanol–water partition coefficient (Wildman–Crippen LogP) is 3.55. The summed E-state index contributed by atoms with van der Waals surface area (Å²) in [6.45, 7) is 2.99. The molecule has 1 amide bonds. The number of benzene rings is 2. The Hall–Kier alpha value is -3.85. The first kappa shape index (κ1) is 18.5. The highest BCUT2D eigenvalue weighted by Gasteiger charge is 2.19. The van der Waals surface area contributed by atoms with Crippen LogP contribution in [0.3, 0.4) is 0 Å². The molecule has 0 saturated carbocycles. The van der Waals surface area contributed by atoms with E-state index in [9.17, 15) is 10.1 Å². The fourth-order valence-corrected chi connectivity index (χ4v) is 3.63. The first-order valence-corrected chi connectivity index (χ1v) is 9.46. The molecule has 0 unspecified atom stereocenters. The standard InChI is InChI=1S/C23H21N5O/c1-16-13-22(27(12-11-21(25)29)15-17-7-3-2-4-8-17)28-20-10-6-5-9-19(20)26-23(28)18(16)14-24/h2-10,13H,11-12,15H2,1H3,(H2,25,29). The minimum absolute atomic E-state index is 0.236. The average molecular weight is 383 g/mol. The van der Waals surface area contributed by atoms with Gasteiger partial charge in [0.1, 0.15) is 11.9 Å². The van der Waals surface area contributed by atoms with Gasteiger partial charge in [0.2, 0.25) is 5.91 Å². The summed E-state index contributed by atoms with van der Waals surface area (Å²) in [5, 5.41) is 9.70. The monoisotopic (exact) mass is 383 g/mol. The van der Waals surface area contributed by atoms with Gasteiger partial charge in [0.25, 0.3) is 0 Å². The fourth-order valence-electron chi connectivity index (χ4n) is 3.63. The lowest BCUT2D eigenvalue weighted by Crippen LogP contribution is -2.29. The van der Waals surface area contributed by atoms with Crippen LogP contribution in [0.4, 0.5) is 5.82 Å². The summed E-state index contributed by atoms with van der Waals surface area (Å²) < 4.78 is 2.00. The third-order valence-electron chi connectivity index (χ3n) is 5.03. The largest absolute Gasteiger partial charge is 0.370 e. The number of anilines is 1. The number of hydrogen-bond acceptors (Lipinski definition) is 4. The van der Waals surface area contributed by atoms with Crippen molar-refractivity contribution in [1.29, 1.82) is 5.26 Å². The molecule has 0 aliphatic heterocycles. The number of nitrogens with two attached hydrogens (primary N) is 1. The van der Waals surface area contributed by atoms with Gasteiger partial charge in [-0.3, -0.25) is 9.20 Å². The molecule has 6 nitrogen and oxygen atoms in total. The van der Waals surface area contributed by atoms with Crippen LogP contribution in [0.1, 0.15) is 23.1 Å². The van der Waals surface area contributed by atoms with E-state index in [1.165, 1.54) is 0 Å². The van der Waals surface area contributed by atoms with Crippen molar-refractivity contribution in [3.05, 3.63) is 77.4 Å². The van der Waals surface area contributed by atoms with E-state index < -0.39 is 0 Å². The SMILES string of the molecule is Cc1cc(N(CCC(N)=O)Cc2ccccc2)n2c(nc3ccccc32)c1C#N. The Balaban J connectivity index is 1.94. The normalized spacial score (nSPS) is 10.9. The second kappa shape index (κ2) is 7.64. The number of nitrogens with zero attached hydrogens (tertiary/aromatic N) is 4. The Bertz CT molecular complexity index is 1240. The zero-order valence-electron chi connectivity index (χ0n) is 16.2. The molecule has 2 heterocycles. The lowest BCUT2D eigenvalue weighted by Gasteiger charge is -2.26. The number of imidazole rings is 1. The number of aryl methyl sites for hydroxylation is 1. The van der Waals surface area contributed by atoms with E-state index in [1.54, 1.807) is 0 Å². The summed E-state index contributed by atoms with van der Waals surface area (Å²) >= 11 is 0. The van der Waals surface area contributed by atoms with Crippen LogP contribution in [0, 0.1) is 18.3 Å². The molecular formula is C23H21N5O. The molecule has 0 aliphatic carbocycles. The van der Waals surface area contributed by atoms with E-state index >= 15 is 0 Å². The van der Waals surface area contributed by atoms with E-state index in [-0.39, 0.29) is 12.3 Å². The number of primary amides is 1. The Morgan fingerprint density at radius 3 is 2.62 bits per heavy atom. The quantitative estimate of drug-likeness (QED) is 0.551. The Morgan fingerprint density at radius 2 is 1.90 bits per heavy atom. The fraction of sp³-hybridized carbons (Fsp3) is 0.174. The number of aromatic nitrogens is 2. The van der Waals surface area contributed by atoms with Crippen molar-refractivity contribution >= 4 is 28.4 Å². The molecule has 0 bridgehead atoms. The van der Waals surface area contributed by atoms with Crippen LogP contribution in [-0.4, -0.2) is 21.8 Å². The summed E-state index contributed by atoms with van der Waals surface area (Å²) in [5.41, 5.74) is 10.3. The van der Waals surface area contributed by atoms with Crippen molar-refractivity contribution in [3.63, 3.8) is 0 Å². The van der Waals surface area contributed by atoms with Gasteiger partial charge in [0, 0.05) is 19.5 Å². The summed E-state index contributed by atoms with van der Waals surface area (Å²) in [5.74, 6) is 0.537. The molecule has 0 atom stereocenters. The van der Waals surface area contributed by atoms with Gasteiger partial charge in [-0.2, -0.15) is 5.26 Å². The van der Waals surface area contributed by atoms with Gasteiger partial charge in [-0.1, -0.05) is 42.5 Å². The minimum atomic E-state index is -0.347. The van der Waals surface area contributed by atoms with Gasteiger partial charge >= 0.3 is 0 Å². The van der Waals surface area contributed by atoms with Gasteiger partial charge in [-0.05, 0) is 36.2 Å². The number of carbonyl (C=O) groups excluding carboxylic acids is 1. The molecule has 0 spiro atoms. The molecule has 0 fully saturated rings. The molecule has 2 aromatic carbocycles. The maximum Gasteiger partial charge on any atom is 0.219 e. The molecule has 2 aromatic heterocycles. The molecule has 144 valence electrons. The number of fused-ring (bicyclic) bond motifs is 3. The topological polar surface area (TPSA) is 87.4 Å². The van der Waals surface area contributed by atoms with Crippen molar-refractivity contribution < 1.29 is 4.79 Å². The van der Waals surface area contributed by atoms with Crippen LogP contribution in [-0.2, 0) is 11.3 Å². The van der Waals surface area contributed by atoms with Crippen molar-refractivity contribution in [3.8, 4) is 6.07 Å². The van der Waals surface area contributed by atoms with Crippen molar-refractivity contribution in [2.45, 2.75) is 19.9 Å². The number of para-hydroxylation sites is 2. The Morgan fingerprint density at radius 1 is 1.17 bits per heavy atom. The lowest BCUT2D eigenvalue weighted by atomic mass is 10.1. The molecule has 4 aromatic rings. The highest BCUT2D eigenvalue weighted by molar-refractivity contribution is 5.85. The van der Waals surface area contributed by atoms with E-state index in [1.807, 2.05) is 59.9 Å². The van der Waals surface area contributed by atoms with Gasteiger partial charge < -0.3 is 10.6 Å². The highest BCUT2D eigenvalue weighted by atomic mass is 16.1. The first-order chi connectivity index (χ1) is 14.1. The summed E-state index contributed by atoms with van der Waals surface area (Å²) in [4.78, 5) is 18.3. The van der Waals surface area contributed by atoms with Gasteiger partial charge in [-0.15, -0.1) is 0 Å². The predicted molar refractivity (Wildman–Crippen MR) is 113 cm³/mol. The highest BCUT2D eigenvalue weighted by Crippen LogP contribution is 2.29. The number of hydrogen-bond donors (Lipinski definition) is 1. The summed E-state index contributed by atoms with van der Waals surface area (Å²) in [7, 11) is 0. The van der Waals surface area contributed by atoms with Gasteiger partial charge in [-0.25, -0.2) is 4.98 Å². The molecule has 0 aliphatic rings. The molecule has 2 N–H and O–H groups in total. The second-order valence-corrected chi connectivity index (χ2v) is 7.06. The maximum absolute atomic E-state index is 11.5. The third kappa shape index (κ3) is 3.50. The molecule has 29 heavy (non-hydrogen) atoms. The van der Waals surface area contributed by atoms with E-state index in [0.717, 1.165) is 28.0 Å². The molecule has 0 radical (unpaired) electrons. The number of pyridine rings is 1. The van der Waals surface area contributed by atoms with E-state index in [2.05, 4.69) is 23.1 Å². The first-order valence-electron chi connectivity index (χ1n) is 9.46. The Kier molecular flexibility index (Phi) is 4.88. The molecular weight excluding hydrogens is 362 g/mol. The van der Waals surface area contributed by atoms with Crippen LogP contribution in [0.15, 0.2) is 60.7 Å². The zero-order chi connectivity index (χ0) is 20.4.